The van der Waals surface area contributed by atoms with Crippen LogP contribution in [0.3, 0.4) is 0 Å². The number of carbonyl (C=O) groups excluding carboxylic acids is 2. The smallest absolute Gasteiger partial charge is 0.237 e. The first-order chi connectivity index (χ1) is 9.50. The van der Waals surface area contributed by atoms with Gasteiger partial charge in [-0.2, -0.15) is 0 Å². The fourth-order valence-electron chi connectivity index (χ4n) is 3.77. The van der Waals surface area contributed by atoms with Gasteiger partial charge in [0.05, 0.1) is 17.5 Å². The summed E-state index contributed by atoms with van der Waals surface area (Å²) in [6, 6.07) is 5.90. The summed E-state index contributed by atoms with van der Waals surface area (Å²) in [6.07, 6.45) is 2.77. The number of aryl methyl sites for hydroxylation is 2. The van der Waals surface area contributed by atoms with Crippen molar-refractivity contribution in [3.63, 3.8) is 0 Å². The molecule has 0 unspecified atom stereocenters. The van der Waals surface area contributed by atoms with Gasteiger partial charge in [-0.3, -0.25) is 9.59 Å². The van der Waals surface area contributed by atoms with Crippen molar-refractivity contribution >= 4 is 17.5 Å². The molecule has 1 saturated heterocycles. The minimum atomic E-state index is -0.0924. The number of para-hydroxylation sites is 1. The zero-order chi connectivity index (χ0) is 14.4. The van der Waals surface area contributed by atoms with Gasteiger partial charge in [-0.15, -0.1) is 0 Å². The highest BCUT2D eigenvalue weighted by Crippen LogP contribution is 2.43. The van der Waals surface area contributed by atoms with Gasteiger partial charge in [-0.25, -0.2) is 4.90 Å². The fourth-order valence-corrected chi connectivity index (χ4v) is 3.77. The number of nitrogens with zero attached hydrogens (tertiary/aromatic N) is 1. The average Bonchev–Trinajstić information content (AvgIpc) is 2.63. The number of amides is 2. The third kappa shape index (κ3) is 1.88. The zero-order valence-electron chi connectivity index (χ0n) is 12.3. The number of rotatable bonds is 1. The lowest BCUT2D eigenvalue weighted by atomic mass is 9.76. The largest absolute Gasteiger partial charge is 0.274 e. The maximum absolute atomic E-state index is 12.7. The molecule has 2 amide bonds. The lowest BCUT2D eigenvalue weighted by Gasteiger charge is -2.25. The van der Waals surface area contributed by atoms with E-state index >= 15 is 0 Å². The third-order valence-corrected chi connectivity index (χ3v) is 4.85. The fraction of sp³-hybridized carbons (Fsp3) is 0.529. The van der Waals surface area contributed by atoms with Crippen LogP contribution in [0.1, 0.15) is 37.3 Å². The van der Waals surface area contributed by atoms with Crippen LogP contribution in [0.5, 0.6) is 0 Å². The molecule has 1 aliphatic carbocycles. The number of benzene rings is 1. The minimum Gasteiger partial charge on any atom is -0.274 e. The van der Waals surface area contributed by atoms with Crippen LogP contribution in [0.25, 0.3) is 0 Å². The van der Waals surface area contributed by atoms with Crippen LogP contribution in [-0.2, 0) is 9.59 Å². The summed E-state index contributed by atoms with van der Waals surface area (Å²) < 4.78 is 0. The molecule has 0 bridgehead atoms. The van der Waals surface area contributed by atoms with Crippen molar-refractivity contribution in [3.8, 4) is 0 Å². The van der Waals surface area contributed by atoms with Gasteiger partial charge in [0.2, 0.25) is 11.8 Å². The molecular formula is C17H21NO2. The van der Waals surface area contributed by atoms with E-state index in [2.05, 4.69) is 6.92 Å². The van der Waals surface area contributed by atoms with Crippen LogP contribution in [0.2, 0.25) is 0 Å². The predicted octanol–water partition coefficient (Wildman–Crippen LogP) is 3.23. The highest BCUT2D eigenvalue weighted by atomic mass is 16.2. The number of imide groups is 1. The molecule has 3 nitrogen and oxygen atoms in total. The Hall–Kier alpha value is -1.64. The van der Waals surface area contributed by atoms with Gasteiger partial charge in [0.1, 0.15) is 0 Å². The SMILES string of the molecule is Cc1cccc(C)c1N1C(=O)[C@H]2C[C@H](C)CC[C@H]2C1=O. The van der Waals surface area contributed by atoms with E-state index in [1.54, 1.807) is 0 Å². The second kappa shape index (κ2) is 4.72. The summed E-state index contributed by atoms with van der Waals surface area (Å²) in [5.74, 6) is 0.405. The minimum absolute atomic E-state index is 0.0175. The Kier molecular flexibility index (Phi) is 3.15. The Balaban J connectivity index is 2.03. The number of carbonyl (C=O) groups is 2. The first-order valence-corrected chi connectivity index (χ1v) is 7.44. The Morgan fingerprint density at radius 2 is 1.60 bits per heavy atom. The Morgan fingerprint density at radius 3 is 2.25 bits per heavy atom. The zero-order valence-corrected chi connectivity index (χ0v) is 12.3. The van der Waals surface area contributed by atoms with Gasteiger partial charge >= 0.3 is 0 Å². The molecule has 3 heteroatoms. The van der Waals surface area contributed by atoms with Crippen LogP contribution < -0.4 is 4.90 Å². The summed E-state index contributed by atoms with van der Waals surface area (Å²) in [4.78, 5) is 26.8. The molecule has 106 valence electrons. The number of anilines is 1. The second-order valence-corrected chi connectivity index (χ2v) is 6.38. The third-order valence-electron chi connectivity index (χ3n) is 4.85. The van der Waals surface area contributed by atoms with E-state index in [9.17, 15) is 9.59 Å². The summed E-state index contributed by atoms with van der Waals surface area (Å²) in [5, 5.41) is 0. The summed E-state index contributed by atoms with van der Waals surface area (Å²) in [7, 11) is 0. The van der Waals surface area contributed by atoms with Crippen molar-refractivity contribution in [2.45, 2.75) is 40.0 Å². The van der Waals surface area contributed by atoms with Crippen molar-refractivity contribution in [1.29, 1.82) is 0 Å². The Labute approximate surface area is 120 Å². The number of fused-ring (bicyclic) bond motifs is 1. The van der Waals surface area contributed by atoms with Crippen LogP contribution in [-0.4, -0.2) is 11.8 Å². The van der Waals surface area contributed by atoms with Crippen molar-refractivity contribution in [3.05, 3.63) is 29.3 Å². The molecule has 3 rings (SSSR count). The highest BCUT2D eigenvalue weighted by Gasteiger charge is 2.50. The summed E-state index contributed by atoms with van der Waals surface area (Å²) >= 11 is 0. The number of hydrogen-bond donors (Lipinski definition) is 0. The van der Waals surface area contributed by atoms with Gasteiger partial charge in [-0.1, -0.05) is 25.1 Å². The van der Waals surface area contributed by atoms with Gasteiger partial charge in [0.25, 0.3) is 0 Å². The van der Waals surface area contributed by atoms with E-state index in [0.717, 1.165) is 36.1 Å². The molecule has 1 aliphatic heterocycles. The molecule has 1 aromatic rings. The topological polar surface area (TPSA) is 37.4 Å². The van der Waals surface area contributed by atoms with E-state index in [1.807, 2.05) is 32.0 Å². The first-order valence-electron chi connectivity index (χ1n) is 7.44. The van der Waals surface area contributed by atoms with Gasteiger partial charge in [-0.05, 0) is 50.2 Å². The van der Waals surface area contributed by atoms with Crippen LogP contribution in [0.15, 0.2) is 18.2 Å². The Bertz CT molecular complexity index is 558. The average molecular weight is 271 g/mol. The van der Waals surface area contributed by atoms with Crippen molar-refractivity contribution in [2.75, 3.05) is 4.90 Å². The van der Waals surface area contributed by atoms with Crippen molar-refractivity contribution in [1.82, 2.24) is 0 Å². The van der Waals surface area contributed by atoms with Gasteiger partial charge in [0, 0.05) is 0 Å². The molecule has 0 aromatic heterocycles. The molecule has 3 atom stereocenters. The highest BCUT2D eigenvalue weighted by molar-refractivity contribution is 6.22. The van der Waals surface area contributed by atoms with Crippen molar-refractivity contribution < 1.29 is 9.59 Å². The van der Waals surface area contributed by atoms with Gasteiger partial charge in [0.15, 0.2) is 0 Å². The molecule has 1 saturated carbocycles. The first kappa shape index (κ1) is 13.3. The molecule has 2 aliphatic rings. The molecular weight excluding hydrogens is 250 g/mol. The normalized spacial score (nSPS) is 29.8. The molecule has 1 aromatic carbocycles. The van der Waals surface area contributed by atoms with E-state index in [0.29, 0.717) is 5.92 Å². The van der Waals surface area contributed by atoms with E-state index in [-0.39, 0.29) is 23.7 Å². The molecule has 0 spiro atoms. The second-order valence-electron chi connectivity index (χ2n) is 6.38. The summed E-state index contributed by atoms with van der Waals surface area (Å²) in [5.41, 5.74) is 2.81. The van der Waals surface area contributed by atoms with Crippen LogP contribution >= 0.6 is 0 Å². The Morgan fingerprint density at radius 1 is 1.00 bits per heavy atom. The number of hydrogen-bond acceptors (Lipinski definition) is 2. The molecule has 20 heavy (non-hydrogen) atoms. The predicted molar refractivity (Wildman–Crippen MR) is 78.4 cm³/mol. The molecule has 0 radical (unpaired) electrons. The monoisotopic (exact) mass is 271 g/mol. The van der Waals surface area contributed by atoms with Crippen LogP contribution in [0.4, 0.5) is 5.69 Å². The standard InChI is InChI=1S/C17H21NO2/c1-10-7-8-13-14(9-10)17(20)18(16(13)19)15-11(2)5-4-6-12(15)3/h4-6,10,13-14H,7-9H2,1-3H3/t10-,13-,14+/m1/s1. The van der Waals surface area contributed by atoms with E-state index in [1.165, 1.54) is 4.90 Å². The lowest BCUT2D eigenvalue weighted by molar-refractivity contribution is -0.122. The van der Waals surface area contributed by atoms with E-state index in [4.69, 9.17) is 0 Å². The quantitative estimate of drug-likeness (QED) is 0.735. The van der Waals surface area contributed by atoms with E-state index < -0.39 is 0 Å². The lowest BCUT2D eigenvalue weighted by Crippen LogP contribution is -2.32. The summed E-state index contributed by atoms with van der Waals surface area (Å²) in [6.45, 7) is 6.11. The van der Waals surface area contributed by atoms with Crippen LogP contribution in [0, 0.1) is 31.6 Å². The molecule has 0 N–H and O–H groups in total. The van der Waals surface area contributed by atoms with Gasteiger partial charge < -0.3 is 0 Å². The maximum Gasteiger partial charge on any atom is 0.237 e. The van der Waals surface area contributed by atoms with Crippen molar-refractivity contribution in [2.24, 2.45) is 17.8 Å². The molecule has 1 heterocycles. The maximum atomic E-state index is 12.7. The molecule has 2 fully saturated rings.